The molecular formula is C74H52N4. The van der Waals surface area contributed by atoms with E-state index in [2.05, 4.69) is 290 Å². The summed E-state index contributed by atoms with van der Waals surface area (Å²) >= 11 is 0. The predicted octanol–water partition coefficient (Wildman–Crippen LogP) is 20.6. The first-order valence-corrected chi connectivity index (χ1v) is 27.1. The van der Waals surface area contributed by atoms with Gasteiger partial charge in [0.25, 0.3) is 0 Å². The molecule has 16 rings (SSSR count). The Morgan fingerprint density at radius 3 is 0.641 bits per heavy atom. The minimum Gasteiger partial charge on any atom is -0.291 e. The highest BCUT2D eigenvalue weighted by molar-refractivity contribution is 6.14. The van der Waals surface area contributed by atoms with E-state index in [1.54, 1.807) is 0 Å². The summed E-state index contributed by atoms with van der Waals surface area (Å²) in [5.74, 6) is 2.05. The molecule has 2 heterocycles. The summed E-state index contributed by atoms with van der Waals surface area (Å²) in [6, 6.07) is 91.3. The summed E-state index contributed by atoms with van der Waals surface area (Å²) < 4.78 is 0. The lowest BCUT2D eigenvalue weighted by molar-refractivity contribution is 1.01. The van der Waals surface area contributed by atoms with Crippen molar-refractivity contribution in [3.8, 4) is 0 Å². The quantitative estimate of drug-likeness (QED) is 0.163. The number of fused-ring (bicyclic) bond motifs is 14. The molecule has 0 N–H and O–H groups in total. The third kappa shape index (κ3) is 6.59. The third-order valence-electron chi connectivity index (χ3n) is 17.1. The summed E-state index contributed by atoms with van der Waals surface area (Å²) in [6.07, 6.45) is 0. The lowest BCUT2D eigenvalue weighted by Crippen LogP contribution is -2.33. The Morgan fingerprint density at radius 2 is 0.397 bits per heavy atom. The minimum atomic E-state index is 1.03. The average molecular weight is 997 g/mol. The van der Waals surface area contributed by atoms with Crippen molar-refractivity contribution in [2.24, 2.45) is 0 Å². The van der Waals surface area contributed by atoms with Crippen molar-refractivity contribution in [3.05, 3.63) is 277 Å². The van der Waals surface area contributed by atoms with Gasteiger partial charge in [0.15, 0.2) is 11.6 Å². The first kappa shape index (κ1) is 44.4. The van der Waals surface area contributed by atoms with Crippen molar-refractivity contribution < 1.29 is 0 Å². The summed E-state index contributed by atoms with van der Waals surface area (Å²) in [4.78, 5) is 10.2. The fourth-order valence-corrected chi connectivity index (χ4v) is 12.9. The molecule has 2 aliphatic rings. The van der Waals surface area contributed by atoms with Crippen LogP contribution in [0.1, 0.15) is 22.3 Å². The number of rotatable bonds is 4. The Bertz CT molecular complexity index is 4330. The van der Waals surface area contributed by atoms with Crippen molar-refractivity contribution in [3.63, 3.8) is 0 Å². The van der Waals surface area contributed by atoms with Crippen LogP contribution in [0.4, 0.5) is 45.5 Å². The Balaban J connectivity index is 1.06. The summed E-state index contributed by atoms with van der Waals surface area (Å²) in [6.45, 7) is 9.02. The molecule has 0 amide bonds. The van der Waals surface area contributed by atoms with Crippen LogP contribution in [0.2, 0.25) is 0 Å². The number of hydrogen-bond acceptors (Lipinski definition) is 4. The molecule has 0 fully saturated rings. The zero-order chi connectivity index (χ0) is 51.9. The molecule has 14 aromatic rings. The van der Waals surface area contributed by atoms with Gasteiger partial charge in [0.1, 0.15) is 0 Å². The van der Waals surface area contributed by atoms with Crippen LogP contribution >= 0.6 is 0 Å². The second-order valence-electron chi connectivity index (χ2n) is 21.6. The smallest absolute Gasteiger partial charge is 0.166 e. The largest absolute Gasteiger partial charge is 0.291 e. The Kier molecular flexibility index (Phi) is 9.56. The van der Waals surface area contributed by atoms with Crippen molar-refractivity contribution in [2.45, 2.75) is 27.7 Å². The van der Waals surface area contributed by atoms with Crippen molar-refractivity contribution in [2.75, 3.05) is 19.6 Å². The molecule has 0 bridgehead atoms. The van der Waals surface area contributed by atoms with Gasteiger partial charge in [-0.25, -0.2) is 0 Å². The Hall–Kier alpha value is -9.90. The van der Waals surface area contributed by atoms with E-state index in [9.17, 15) is 0 Å². The number of benzene rings is 14. The normalized spacial score (nSPS) is 13.5. The minimum absolute atomic E-state index is 1.03. The Labute approximate surface area is 453 Å². The topological polar surface area (TPSA) is 13.0 Å². The first-order chi connectivity index (χ1) is 38.3. The molecule has 0 unspecified atom stereocenters. The third-order valence-corrected chi connectivity index (χ3v) is 17.1. The van der Waals surface area contributed by atoms with Gasteiger partial charge in [-0.3, -0.25) is 19.6 Å². The molecular weight excluding hydrogens is 945 g/mol. The molecule has 0 saturated carbocycles. The number of aryl methyl sites for hydroxylation is 4. The van der Waals surface area contributed by atoms with E-state index in [1.807, 2.05) is 0 Å². The van der Waals surface area contributed by atoms with Crippen LogP contribution in [0, 0.1) is 27.7 Å². The monoisotopic (exact) mass is 996 g/mol. The van der Waals surface area contributed by atoms with Crippen LogP contribution in [0.15, 0.2) is 254 Å². The van der Waals surface area contributed by atoms with Crippen molar-refractivity contribution >= 4 is 132 Å². The molecule has 0 spiro atoms. The summed E-state index contributed by atoms with van der Waals surface area (Å²) in [5.41, 5.74) is 13.8. The van der Waals surface area contributed by atoms with Crippen molar-refractivity contribution in [1.82, 2.24) is 0 Å². The van der Waals surface area contributed by atoms with Gasteiger partial charge in [-0.05, 0) is 209 Å². The van der Waals surface area contributed by atoms with E-state index in [4.69, 9.17) is 0 Å². The zero-order valence-electron chi connectivity index (χ0n) is 43.9. The summed E-state index contributed by atoms with van der Waals surface area (Å²) in [5, 5.41) is 19.7. The van der Waals surface area contributed by atoms with Crippen LogP contribution in [0.25, 0.3) is 86.2 Å². The molecule has 78 heavy (non-hydrogen) atoms. The highest BCUT2D eigenvalue weighted by atomic mass is 15.5. The van der Waals surface area contributed by atoms with Crippen LogP contribution in [0.5, 0.6) is 0 Å². The van der Waals surface area contributed by atoms with E-state index in [-0.39, 0.29) is 0 Å². The highest BCUT2D eigenvalue weighted by Crippen LogP contribution is 2.59. The van der Waals surface area contributed by atoms with Gasteiger partial charge >= 0.3 is 0 Å². The van der Waals surface area contributed by atoms with Gasteiger partial charge in [-0.15, -0.1) is 0 Å². The Morgan fingerprint density at radius 1 is 0.192 bits per heavy atom. The fraction of sp³-hybridized carbons (Fsp3) is 0.0541. The van der Waals surface area contributed by atoms with E-state index in [0.29, 0.717) is 0 Å². The second kappa shape index (κ2) is 16.8. The average Bonchev–Trinajstić information content (AvgIpc) is 4.05. The maximum absolute atomic E-state index is 2.56. The number of nitrogens with zero attached hydrogens (tertiary/aromatic N) is 4. The second-order valence-corrected chi connectivity index (χ2v) is 21.6. The van der Waals surface area contributed by atoms with Crippen LogP contribution < -0.4 is 19.6 Å². The summed E-state index contributed by atoms with van der Waals surface area (Å²) in [7, 11) is 0. The molecule has 0 saturated heterocycles. The van der Waals surface area contributed by atoms with E-state index >= 15 is 0 Å². The molecule has 14 aromatic carbocycles. The fourth-order valence-electron chi connectivity index (χ4n) is 12.9. The van der Waals surface area contributed by atoms with Gasteiger partial charge in [0.05, 0.1) is 22.7 Å². The number of anilines is 8. The SMILES string of the molecule is Cc1cc2c(cc1C)N(c1ccc3c(ccc4ccccc43)c1)C(=C1N(c3ccc4c(ccc5ccccc54)c3)c3cc(C)c(C)cc3N1c1ccc3c(ccc4ccccc43)c1)N2c1ccc2c(ccc3ccccc32)c1. The van der Waals surface area contributed by atoms with Crippen LogP contribution in [0.3, 0.4) is 0 Å². The standard InChI is InChI=1S/C74H52N4/c1-45-37-69-70(38-46(45)2)76(58-30-34-66-54(42-58)26-22-50-14-6-10-18-62(50)66)73(75(69)57-29-33-65-53(41-57)25-21-49-13-5-9-17-61(49)65)74-77(59-31-35-67-55(43-59)27-23-51-15-7-11-19-63(51)67)71-39-47(3)48(4)40-72(71)78(74)60-32-36-68-56(44-60)28-24-52-16-8-12-20-64(52)68/h5-44H,1-4H3. The molecule has 0 radical (unpaired) electrons. The van der Waals surface area contributed by atoms with Crippen LogP contribution in [-0.4, -0.2) is 0 Å². The van der Waals surface area contributed by atoms with E-state index in [1.165, 1.54) is 108 Å². The van der Waals surface area contributed by atoms with Gasteiger partial charge in [0.2, 0.25) is 0 Å². The van der Waals surface area contributed by atoms with Crippen molar-refractivity contribution in [1.29, 1.82) is 0 Å². The molecule has 2 aliphatic heterocycles. The van der Waals surface area contributed by atoms with E-state index < -0.39 is 0 Å². The van der Waals surface area contributed by atoms with Gasteiger partial charge in [-0.1, -0.05) is 170 Å². The molecule has 368 valence electrons. The molecule has 0 aliphatic carbocycles. The van der Waals surface area contributed by atoms with Crippen LogP contribution in [-0.2, 0) is 0 Å². The first-order valence-electron chi connectivity index (χ1n) is 27.1. The maximum Gasteiger partial charge on any atom is 0.166 e. The zero-order valence-corrected chi connectivity index (χ0v) is 43.9. The van der Waals surface area contributed by atoms with Gasteiger partial charge in [-0.2, -0.15) is 0 Å². The molecule has 4 heteroatoms. The lowest BCUT2D eigenvalue weighted by Gasteiger charge is -2.34. The maximum atomic E-state index is 2.56. The molecule has 4 nitrogen and oxygen atoms in total. The predicted molar refractivity (Wildman–Crippen MR) is 333 cm³/mol. The lowest BCUT2D eigenvalue weighted by atomic mass is 10.0. The number of hydrogen-bond donors (Lipinski definition) is 0. The highest BCUT2D eigenvalue weighted by Gasteiger charge is 2.45. The van der Waals surface area contributed by atoms with Gasteiger partial charge in [0, 0.05) is 22.7 Å². The molecule has 0 aromatic heterocycles. The van der Waals surface area contributed by atoms with Gasteiger partial charge < -0.3 is 0 Å². The molecule has 0 atom stereocenters. The van der Waals surface area contributed by atoms with E-state index in [0.717, 1.165) is 57.1 Å².